The molecule has 3 N–H and O–H groups in total. The van der Waals surface area contributed by atoms with Crippen molar-refractivity contribution in [3.8, 4) is 0 Å². The van der Waals surface area contributed by atoms with Gasteiger partial charge in [-0.1, -0.05) is 13.3 Å². The van der Waals surface area contributed by atoms with Crippen molar-refractivity contribution in [3.63, 3.8) is 0 Å². The number of rotatable bonds is 8. The number of nitrogens with zero attached hydrogens (tertiary/aromatic N) is 1. The van der Waals surface area contributed by atoms with Gasteiger partial charge in [0.25, 0.3) is 0 Å². The van der Waals surface area contributed by atoms with Crippen molar-refractivity contribution < 1.29 is 18.0 Å². The molecule has 0 heterocycles. The first-order chi connectivity index (χ1) is 12.5. The van der Waals surface area contributed by atoms with Gasteiger partial charge in [-0.25, -0.2) is 17.5 Å². The number of hydrogen-bond donors (Lipinski definition) is 3. The van der Waals surface area contributed by atoms with E-state index in [1.165, 1.54) is 16.4 Å². The molecule has 1 rings (SSSR count). The summed E-state index contributed by atoms with van der Waals surface area (Å²) in [7, 11) is -1.96. The van der Waals surface area contributed by atoms with Crippen LogP contribution in [0.4, 0.5) is 10.5 Å². The van der Waals surface area contributed by atoms with Gasteiger partial charge in [-0.2, -0.15) is 0 Å². The Morgan fingerprint density at radius 3 is 2.22 bits per heavy atom. The molecule has 0 aliphatic carbocycles. The lowest BCUT2D eigenvalue weighted by molar-refractivity contribution is -0.118. The average molecular weight is 399 g/mol. The maximum Gasteiger partial charge on any atom is 0.321 e. The standard InChI is InChI=1S/C18H30N4O4S/c1-6-7-12-22(5)27(25,26)15-10-8-14(9-11-15)19-13-16(23)20-17(24)21-18(2,3)4/h8-11,19H,6-7,12-13H2,1-5H3,(H2,20,21,23,24). The molecule has 9 heteroatoms. The van der Waals surface area contributed by atoms with Crippen molar-refractivity contribution >= 4 is 27.6 Å². The molecule has 0 aliphatic rings. The molecule has 0 fully saturated rings. The number of benzene rings is 1. The summed E-state index contributed by atoms with van der Waals surface area (Å²) >= 11 is 0. The Kier molecular flexibility index (Phi) is 8.23. The van der Waals surface area contributed by atoms with Crippen molar-refractivity contribution in [1.29, 1.82) is 0 Å². The predicted octanol–water partition coefficient (Wildman–Crippen LogP) is 2.14. The van der Waals surface area contributed by atoms with E-state index in [0.29, 0.717) is 12.2 Å². The third-order valence-electron chi connectivity index (χ3n) is 3.58. The lowest BCUT2D eigenvalue weighted by Crippen LogP contribution is -2.49. The molecule has 1 aromatic rings. The van der Waals surface area contributed by atoms with Crippen LogP contribution in [-0.4, -0.2) is 50.3 Å². The lowest BCUT2D eigenvalue weighted by atomic mass is 10.1. The van der Waals surface area contributed by atoms with E-state index >= 15 is 0 Å². The molecule has 0 atom stereocenters. The molecule has 0 spiro atoms. The largest absolute Gasteiger partial charge is 0.376 e. The molecule has 0 unspecified atom stereocenters. The summed E-state index contributed by atoms with van der Waals surface area (Å²) in [4.78, 5) is 23.6. The van der Waals surface area contributed by atoms with Gasteiger partial charge in [0.2, 0.25) is 15.9 Å². The molecule has 0 saturated carbocycles. The SMILES string of the molecule is CCCCN(C)S(=O)(=O)c1ccc(NCC(=O)NC(=O)NC(C)(C)C)cc1. The van der Waals surface area contributed by atoms with Crippen molar-refractivity contribution in [2.45, 2.75) is 51.0 Å². The summed E-state index contributed by atoms with van der Waals surface area (Å²) < 4.78 is 26.2. The van der Waals surface area contributed by atoms with Crippen LogP contribution >= 0.6 is 0 Å². The molecule has 0 saturated heterocycles. The van der Waals surface area contributed by atoms with Gasteiger partial charge in [-0.3, -0.25) is 10.1 Å². The highest BCUT2D eigenvalue weighted by Gasteiger charge is 2.20. The van der Waals surface area contributed by atoms with Crippen LogP contribution in [0, 0.1) is 0 Å². The summed E-state index contributed by atoms with van der Waals surface area (Å²) in [5.74, 6) is -0.493. The molecular formula is C18H30N4O4S. The number of carbonyl (C=O) groups is 2. The van der Waals surface area contributed by atoms with E-state index in [0.717, 1.165) is 12.8 Å². The van der Waals surface area contributed by atoms with E-state index in [1.54, 1.807) is 19.2 Å². The average Bonchev–Trinajstić information content (AvgIpc) is 2.56. The Morgan fingerprint density at radius 2 is 1.70 bits per heavy atom. The molecule has 0 aromatic heterocycles. The maximum absolute atomic E-state index is 12.4. The van der Waals surface area contributed by atoms with E-state index in [4.69, 9.17) is 0 Å². The van der Waals surface area contributed by atoms with Crippen molar-refractivity contribution in [2.24, 2.45) is 0 Å². The summed E-state index contributed by atoms with van der Waals surface area (Å²) in [6.07, 6.45) is 1.71. The third-order valence-corrected chi connectivity index (χ3v) is 5.45. The van der Waals surface area contributed by atoms with Gasteiger partial charge in [0.1, 0.15) is 0 Å². The first-order valence-electron chi connectivity index (χ1n) is 8.88. The van der Waals surface area contributed by atoms with Crippen LogP contribution in [0.15, 0.2) is 29.2 Å². The number of unbranched alkanes of at least 4 members (excludes halogenated alkanes) is 1. The van der Waals surface area contributed by atoms with Crippen LogP contribution in [0.3, 0.4) is 0 Å². The Labute approximate surface area is 161 Å². The second-order valence-electron chi connectivity index (χ2n) is 7.31. The predicted molar refractivity (Wildman–Crippen MR) is 106 cm³/mol. The molecule has 8 nitrogen and oxygen atoms in total. The van der Waals surface area contributed by atoms with E-state index in [9.17, 15) is 18.0 Å². The fourth-order valence-corrected chi connectivity index (χ4v) is 3.36. The van der Waals surface area contributed by atoms with Gasteiger partial charge < -0.3 is 10.6 Å². The molecule has 0 bridgehead atoms. The molecule has 0 radical (unpaired) electrons. The topological polar surface area (TPSA) is 108 Å². The molecule has 152 valence electrons. The smallest absolute Gasteiger partial charge is 0.321 e. The Hall–Kier alpha value is -2.13. The zero-order valence-corrected chi connectivity index (χ0v) is 17.4. The van der Waals surface area contributed by atoms with Crippen LogP contribution in [-0.2, 0) is 14.8 Å². The number of carbonyl (C=O) groups excluding carboxylic acids is 2. The monoisotopic (exact) mass is 398 g/mol. The molecule has 27 heavy (non-hydrogen) atoms. The molecule has 3 amide bonds. The Bertz CT molecular complexity index is 740. The van der Waals surface area contributed by atoms with Gasteiger partial charge in [0, 0.05) is 24.8 Å². The van der Waals surface area contributed by atoms with Crippen LogP contribution in [0.1, 0.15) is 40.5 Å². The van der Waals surface area contributed by atoms with Gasteiger partial charge in [-0.15, -0.1) is 0 Å². The summed E-state index contributed by atoms with van der Waals surface area (Å²) in [5, 5.41) is 7.70. The highest BCUT2D eigenvalue weighted by molar-refractivity contribution is 7.89. The second-order valence-corrected chi connectivity index (χ2v) is 9.36. The van der Waals surface area contributed by atoms with Crippen molar-refractivity contribution in [2.75, 3.05) is 25.5 Å². The fourth-order valence-electron chi connectivity index (χ4n) is 2.15. The van der Waals surface area contributed by atoms with Crippen LogP contribution in [0.5, 0.6) is 0 Å². The normalized spacial score (nSPS) is 11.9. The van der Waals surface area contributed by atoms with Crippen LogP contribution < -0.4 is 16.0 Å². The van der Waals surface area contributed by atoms with Gasteiger partial charge in [-0.05, 0) is 51.5 Å². The molecular weight excluding hydrogens is 368 g/mol. The summed E-state index contributed by atoms with van der Waals surface area (Å²) in [5.41, 5.74) is 0.139. The van der Waals surface area contributed by atoms with E-state index in [-0.39, 0.29) is 11.4 Å². The number of urea groups is 1. The minimum Gasteiger partial charge on any atom is -0.376 e. The first-order valence-corrected chi connectivity index (χ1v) is 10.3. The van der Waals surface area contributed by atoms with E-state index in [2.05, 4.69) is 16.0 Å². The highest BCUT2D eigenvalue weighted by atomic mass is 32.2. The molecule has 1 aromatic carbocycles. The van der Waals surface area contributed by atoms with Gasteiger partial charge in [0.15, 0.2) is 0 Å². The lowest BCUT2D eigenvalue weighted by Gasteiger charge is -2.20. The maximum atomic E-state index is 12.4. The minimum atomic E-state index is -3.52. The van der Waals surface area contributed by atoms with E-state index in [1.807, 2.05) is 27.7 Å². The second kappa shape index (κ2) is 9.70. The number of nitrogens with one attached hydrogen (secondary N) is 3. The van der Waals surface area contributed by atoms with Crippen molar-refractivity contribution in [1.82, 2.24) is 14.9 Å². The quantitative estimate of drug-likeness (QED) is 0.622. The van der Waals surface area contributed by atoms with Crippen LogP contribution in [0.2, 0.25) is 0 Å². The fraction of sp³-hybridized carbons (Fsp3) is 0.556. The number of amides is 3. The number of hydrogen-bond acceptors (Lipinski definition) is 5. The van der Waals surface area contributed by atoms with Crippen LogP contribution in [0.25, 0.3) is 0 Å². The molecule has 0 aliphatic heterocycles. The summed E-state index contributed by atoms with van der Waals surface area (Å²) in [6.45, 7) is 7.79. The summed E-state index contributed by atoms with van der Waals surface area (Å²) in [6, 6.07) is 5.59. The third kappa shape index (κ3) is 7.96. The first kappa shape index (κ1) is 22.9. The van der Waals surface area contributed by atoms with Gasteiger partial charge in [0.05, 0.1) is 11.4 Å². The number of anilines is 1. The van der Waals surface area contributed by atoms with Gasteiger partial charge >= 0.3 is 6.03 Å². The minimum absolute atomic E-state index is 0.111. The number of sulfonamides is 1. The van der Waals surface area contributed by atoms with Crippen molar-refractivity contribution in [3.05, 3.63) is 24.3 Å². The Balaban J connectivity index is 2.60. The number of imide groups is 1. The highest BCUT2D eigenvalue weighted by Crippen LogP contribution is 2.17. The van der Waals surface area contributed by atoms with E-state index < -0.39 is 27.5 Å². The zero-order chi connectivity index (χ0) is 20.7. The Morgan fingerprint density at radius 1 is 1.11 bits per heavy atom. The zero-order valence-electron chi connectivity index (χ0n) is 16.6.